The Morgan fingerprint density at radius 1 is 1.25 bits per heavy atom. The quantitative estimate of drug-likeness (QED) is 0.889. The Hall–Kier alpha value is -1.95. The molecule has 2 N–H and O–H groups in total. The summed E-state index contributed by atoms with van der Waals surface area (Å²) in [4.78, 5) is 14.6. The van der Waals surface area contributed by atoms with Crippen LogP contribution in [-0.4, -0.2) is 43.4 Å². The zero-order chi connectivity index (χ0) is 17.1. The third kappa shape index (κ3) is 4.32. The molecule has 0 spiro atoms. The molecular weight excluding hydrogens is 306 g/mol. The zero-order valence-electron chi connectivity index (χ0n) is 14.7. The molecule has 6 nitrogen and oxygen atoms in total. The monoisotopic (exact) mass is 333 g/mol. The van der Waals surface area contributed by atoms with Gasteiger partial charge in [-0.15, -0.1) is 0 Å². The minimum absolute atomic E-state index is 0.0940. The minimum Gasteiger partial charge on any atom is -0.454 e. The molecule has 0 radical (unpaired) electrons. The number of benzene rings is 1. The highest BCUT2D eigenvalue weighted by Gasteiger charge is 2.23. The molecule has 2 aliphatic heterocycles. The number of carbonyl (C=O) groups is 1. The molecule has 1 fully saturated rings. The number of amides is 2. The fraction of sp³-hybridized carbons (Fsp3) is 0.611. The molecule has 1 saturated heterocycles. The maximum atomic E-state index is 12.2. The van der Waals surface area contributed by atoms with Gasteiger partial charge in [0.2, 0.25) is 6.79 Å². The standard InChI is InChI=1S/C18H27N3O3/c1-12-6-13(2)9-21(8-12)10-14(3)19-18(22)20-15-4-5-16-17(7-15)24-11-23-16/h4-5,7,12-14H,6,8-11H2,1-3H3,(H2,19,20,22)/t12-,13+,14-/m0/s1. The number of piperidine rings is 1. The lowest BCUT2D eigenvalue weighted by molar-refractivity contribution is 0.132. The lowest BCUT2D eigenvalue weighted by atomic mass is 9.92. The fourth-order valence-electron chi connectivity index (χ4n) is 3.74. The molecule has 0 saturated carbocycles. The summed E-state index contributed by atoms with van der Waals surface area (Å²) in [5.74, 6) is 2.83. The van der Waals surface area contributed by atoms with Crippen LogP contribution in [0.2, 0.25) is 0 Å². The Morgan fingerprint density at radius 2 is 1.96 bits per heavy atom. The second-order valence-electron chi connectivity index (χ2n) is 7.23. The van der Waals surface area contributed by atoms with Crippen LogP contribution in [0.1, 0.15) is 27.2 Å². The van der Waals surface area contributed by atoms with Crippen molar-refractivity contribution in [2.75, 3.05) is 31.7 Å². The topological polar surface area (TPSA) is 62.8 Å². The smallest absolute Gasteiger partial charge is 0.319 e. The van der Waals surface area contributed by atoms with Crippen LogP contribution in [0, 0.1) is 11.8 Å². The first-order chi connectivity index (χ1) is 11.5. The van der Waals surface area contributed by atoms with Crippen molar-refractivity contribution in [1.82, 2.24) is 10.2 Å². The van der Waals surface area contributed by atoms with E-state index in [-0.39, 0.29) is 18.9 Å². The Kier molecular flexibility index (Phi) is 5.14. The van der Waals surface area contributed by atoms with Crippen molar-refractivity contribution >= 4 is 11.7 Å². The molecule has 0 aliphatic carbocycles. The summed E-state index contributed by atoms with van der Waals surface area (Å²) in [6.45, 7) is 9.97. The molecule has 0 bridgehead atoms. The van der Waals surface area contributed by atoms with Crippen LogP contribution in [0.15, 0.2) is 18.2 Å². The number of anilines is 1. The molecule has 1 aromatic rings. The number of carbonyl (C=O) groups excluding carboxylic acids is 1. The normalized spacial score (nSPS) is 24.5. The van der Waals surface area contributed by atoms with Crippen molar-refractivity contribution in [3.63, 3.8) is 0 Å². The van der Waals surface area contributed by atoms with Gasteiger partial charge in [0.05, 0.1) is 0 Å². The average Bonchev–Trinajstić information content (AvgIpc) is 2.93. The van der Waals surface area contributed by atoms with Crippen molar-refractivity contribution in [1.29, 1.82) is 0 Å². The third-order valence-electron chi connectivity index (χ3n) is 4.48. The second-order valence-corrected chi connectivity index (χ2v) is 7.23. The number of ether oxygens (including phenoxy) is 2. The van der Waals surface area contributed by atoms with Crippen LogP contribution in [0.5, 0.6) is 11.5 Å². The van der Waals surface area contributed by atoms with Gasteiger partial charge in [-0.05, 0) is 37.3 Å². The predicted octanol–water partition coefficient (Wildman–Crippen LogP) is 2.90. The van der Waals surface area contributed by atoms with Gasteiger partial charge in [-0.2, -0.15) is 0 Å². The van der Waals surface area contributed by atoms with Crippen molar-refractivity contribution in [2.45, 2.75) is 33.2 Å². The molecule has 2 aliphatic rings. The van der Waals surface area contributed by atoms with Gasteiger partial charge in [-0.3, -0.25) is 0 Å². The highest BCUT2D eigenvalue weighted by Crippen LogP contribution is 2.34. The van der Waals surface area contributed by atoms with Gasteiger partial charge >= 0.3 is 6.03 Å². The molecule has 0 unspecified atom stereocenters. The van der Waals surface area contributed by atoms with Crippen LogP contribution >= 0.6 is 0 Å². The Bertz CT molecular complexity index is 583. The number of hydrogen-bond acceptors (Lipinski definition) is 4. The molecule has 2 heterocycles. The lowest BCUT2D eigenvalue weighted by Gasteiger charge is -2.36. The summed E-state index contributed by atoms with van der Waals surface area (Å²) in [7, 11) is 0. The van der Waals surface area contributed by atoms with E-state index in [9.17, 15) is 4.79 Å². The Morgan fingerprint density at radius 3 is 2.71 bits per heavy atom. The van der Waals surface area contributed by atoms with Crippen LogP contribution in [0.25, 0.3) is 0 Å². The highest BCUT2D eigenvalue weighted by molar-refractivity contribution is 5.89. The SMILES string of the molecule is C[C@@H]1C[C@H](C)CN(C[C@H](C)NC(=O)Nc2ccc3c(c2)OCO3)C1. The molecule has 132 valence electrons. The second kappa shape index (κ2) is 7.30. The summed E-state index contributed by atoms with van der Waals surface area (Å²) < 4.78 is 10.6. The molecule has 3 atom stereocenters. The van der Waals surface area contributed by atoms with Crippen LogP contribution in [-0.2, 0) is 0 Å². The highest BCUT2D eigenvalue weighted by atomic mass is 16.7. The van der Waals surface area contributed by atoms with Gasteiger partial charge in [0.1, 0.15) is 0 Å². The van der Waals surface area contributed by atoms with E-state index in [2.05, 4.69) is 29.4 Å². The van der Waals surface area contributed by atoms with Crippen molar-refractivity contribution in [3.8, 4) is 11.5 Å². The van der Waals surface area contributed by atoms with Crippen molar-refractivity contribution in [3.05, 3.63) is 18.2 Å². The van der Waals surface area contributed by atoms with Gasteiger partial charge in [0, 0.05) is 37.4 Å². The minimum atomic E-state index is -0.195. The summed E-state index contributed by atoms with van der Waals surface area (Å²) in [5, 5.41) is 5.86. The van der Waals surface area contributed by atoms with E-state index in [0.717, 1.165) is 31.5 Å². The van der Waals surface area contributed by atoms with E-state index in [1.807, 2.05) is 13.0 Å². The summed E-state index contributed by atoms with van der Waals surface area (Å²) in [5.41, 5.74) is 0.698. The van der Waals surface area contributed by atoms with Gasteiger partial charge in [0.25, 0.3) is 0 Å². The molecule has 6 heteroatoms. The molecule has 3 rings (SSSR count). The number of fused-ring (bicyclic) bond motifs is 1. The first-order valence-electron chi connectivity index (χ1n) is 8.69. The third-order valence-corrected chi connectivity index (χ3v) is 4.48. The lowest BCUT2D eigenvalue weighted by Crippen LogP contribution is -2.47. The predicted molar refractivity (Wildman–Crippen MR) is 93.6 cm³/mol. The van der Waals surface area contributed by atoms with Crippen LogP contribution < -0.4 is 20.1 Å². The zero-order valence-corrected chi connectivity index (χ0v) is 14.7. The van der Waals surface area contributed by atoms with Crippen molar-refractivity contribution < 1.29 is 14.3 Å². The molecule has 1 aromatic carbocycles. The van der Waals surface area contributed by atoms with Gasteiger partial charge in [-0.25, -0.2) is 4.79 Å². The molecule has 24 heavy (non-hydrogen) atoms. The number of urea groups is 1. The Labute approximate surface area is 143 Å². The number of rotatable bonds is 4. The van der Waals surface area contributed by atoms with Crippen LogP contribution in [0.4, 0.5) is 10.5 Å². The summed E-state index contributed by atoms with van der Waals surface area (Å²) in [6.07, 6.45) is 1.29. The van der Waals surface area contributed by atoms with E-state index < -0.39 is 0 Å². The van der Waals surface area contributed by atoms with Gasteiger partial charge in [-0.1, -0.05) is 13.8 Å². The number of nitrogens with one attached hydrogen (secondary N) is 2. The maximum Gasteiger partial charge on any atom is 0.319 e. The summed E-state index contributed by atoms with van der Waals surface area (Å²) in [6, 6.07) is 5.29. The molecule has 0 aromatic heterocycles. The van der Waals surface area contributed by atoms with Crippen molar-refractivity contribution in [2.24, 2.45) is 11.8 Å². The van der Waals surface area contributed by atoms with E-state index in [1.165, 1.54) is 6.42 Å². The van der Waals surface area contributed by atoms with Gasteiger partial charge in [0.15, 0.2) is 11.5 Å². The first-order valence-corrected chi connectivity index (χ1v) is 8.69. The summed E-state index contributed by atoms with van der Waals surface area (Å²) >= 11 is 0. The van der Waals surface area contributed by atoms with E-state index in [0.29, 0.717) is 17.2 Å². The Balaban J connectivity index is 1.47. The van der Waals surface area contributed by atoms with E-state index in [4.69, 9.17) is 9.47 Å². The molecular formula is C18H27N3O3. The number of likely N-dealkylation sites (tertiary alicyclic amines) is 1. The maximum absolute atomic E-state index is 12.2. The van der Waals surface area contributed by atoms with Gasteiger partial charge < -0.3 is 25.0 Å². The van der Waals surface area contributed by atoms with E-state index >= 15 is 0 Å². The first kappa shape index (κ1) is 16.9. The number of nitrogens with zero attached hydrogens (tertiary/aromatic N) is 1. The van der Waals surface area contributed by atoms with E-state index in [1.54, 1.807) is 12.1 Å². The molecule has 2 amide bonds. The largest absolute Gasteiger partial charge is 0.454 e. The number of hydrogen-bond donors (Lipinski definition) is 2. The van der Waals surface area contributed by atoms with Crippen LogP contribution in [0.3, 0.4) is 0 Å². The average molecular weight is 333 g/mol. The fourth-order valence-corrected chi connectivity index (χ4v) is 3.74.